The Balaban J connectivity index is 1.21. The van der Waals surface area contributed by atoms with Crippen LogP contribution >= 0.6 is 0 Å². The Kier molecular flexibility index (Phi) is 6.94. The molecule has 0 saturated carbocycles. The third kappa shape index (κ3) is 5.51. The number of nitrogens with zero attached hydrogens (tertiary/aromatic N) is 1. The molecule has 37 heavy (non-hydrogen) atoms. The van der Waals surface area contributed by atoms with Gasteiger partial charge in [-0.3, -0.25) is 14.4 Å². The topological polar surface area (TPSA) is 90.5 Å². The molecule has 1 heterocycles. The summed E-state index contributed by atoms with van der Waals surface area (Å²) in [5.41, 5.74) is 4.76. The predicted octanol–water partition coefficient (Wildman–Crippen LogP) is 5.19. The van der Waals surface area contributed by atoms with Crippen molar-refractivity contribution in [2.75, 3.05) is 33.9 Å². The van der Waals surface area contributed by atoms with Crippen LogP contribution in [0.1, 0.15) is 26.3 Å². The van der Waals surface area contributed by atoms with E-state index in [-0.39, 0.29) is 24.3 Å². The van der Waals surface area contributed by atoms with E-state index in [1.165, 1.54) is 5.56 Å². The van der Waals surface area contributed by atoms with Gasteiger partial charge in [0, 0.05) is 29.2 Å². The van der Waals surface area contributed by atoms with Crippen LogP contribution in [0.5, 0.6) is 0 Å². The molecule has 0 saturated heterocycles. The molecule has 3 N–H and O–H groups in total. The number of hydrogen-bond donors (Lipinski definition) is 3. The van der Waals surface area contributed by atoms with Gasteiger partial charge in [0.25, 0.3) is 11.8 Å². The minimum absolute atomic E-state index is 0.0289. The van der Waals surface area contributed by atoms with Gasteiger partial charge in [0.2, 0.25) is 5.91 Å². The number of nitrogens with one attached hydrogen (secondary N) is 3. The molecule has 0 atom stereocenters. The molecule has 184 valence electrons. The van der Waals surface area contributed by atoms with E-state index >= 15 is 0 Å². The average molecular weight is 491 g/mol. The van der Waals surface area contributed by atoms with Gasteiger partial charge in [-0.05, 0) is 60.5 Å². The third-order valence-corrected chi connectivity index (χ3v) is 6.17. The first kappa shape index (κ1) is 23.8. The van der Waals surface area contributed by atoms with E-state index in [1.807, 2.05) is 48.5 Å². The molecule has 4 aromatic carbocycles. The van der Waals surface area contributed by atoms with Crippen molar-refractivity contribution in [1.29, 1.82) is 0 Å². The molecule has 0 radical (unpaired) electrons. The Morgan fingerprint density at radius 3 is 2.32 bits per heavy atom. The van der Waals surface area contributed by atoms with Crippen molar-refractivity contribution < 1.29 is 14.4 Å². The monoisotopic (exact) mass is 490 g/mol. The fraction of sp³-hybridized carbons (Fsp3) is 0.100. The number of amides is 3. The molecule has 0 aliphatic carbocycles. The van der Waals surface area contributed by atoms with Crippen molar-refractivity contribution in [3.05, 3.63) is 120 Å². The second kappa shape index (κ2) is 10.8. The van der Waals surface area contributed by atoms with Gasteiger partial charge < -0.3 is 20.9 Å². The second-order valence-corrected chi connectivity index (χ2v) is 8.68. The number of rotatable bonds is 7. The predicted molar refractivity (Wildman–Crippen MR) is 146 cm³/mol. The van der Waals surface area contributed by atoms with Crippen LogP contribution in [0.3, 0.4) is 0 Å². The number of anilines is 4. The summed E-state index contributed by atoms with van der Waals surface area (Å²) in [6, 6.07) is 31.0. The van der Waals surface area contributed by atoms with Crippen LogP contribution in [0.4, 0.5) is 22.7 Å². The van der Waals surface area contributed by atoms with E-state index in [9.17, 15) is 14.4 Å². The van der Waals surface area contributed by atoms with Gasteiger partial charge in [-0.25, -0.2) is 0 Å². The molecule has 1 aliphatic rings. The van der Waals surface area contributed by atoms with Crippen LogP contribution in [-0.2, 0) is 11.2 Å². The molecule has 5 rings (SSSR count). The van der Waals surface area contributed by atoms with Crippen molar-refractivity contribution in [1.82, 2.24) is 0 Å². The van der Waals surface area contributed by atoms with E-state index in [1.54, 1.807) is 59.5 Å². The Morgan fingerprint density at radius 2 is 1.46 bits per heavy atom. The normalized spacial score (nSPS) is 11.9. The molecule has 7 nitrogen and oxygen atoms in total. The second-order valence-electron chi connectivity index (χ2n) is 8.68. The lowest BCUT2D eigenvalue weighted by Gasteiger charge is -2.18. The minimum Gasteiger partial charge on any atom is -0.376 e. The quantitative estimate of drug-likeness (QED) is 0.332. The zero-order valence-electron chi connectivity index (χ0n) is 20.1. The number of hydrogen-bond acceptors (Lipinski definition) is 4. The van der Waals surface area contributed by atoms with Crippen molar-refractivity contribution in [2.45, 2.75) is 6.42 Å². The van der Waals surface area contributed by atoms with E-state index in [0.717, 1.165) is 12.1 Å². The zero-order chi connectivity index (χ0) is 25.6. The molecule has 0 bridgehead atoms. The molecule has 3 amide bonds. The lowest BCUT2D eigenvalue weighted by Crippen LogP contribution is -2.29. The zero-order valence-corrected chi connectivity index (χ0v) is 20.1. The molecule has 0 spiro atoms. The highest BCUT2D eigenvalue weighted by molar-refractivity contribution is 6.10. The first-order chi connectivity index (χ1) is 18.1. The van der Waals surface area contributed by atoms with Gasteiger partial charge in [0.1, 0.15) is 0 Å². The smallest absolute Gasteiger partial charge is 0.258 e. The summed E-state index contributed by atoms with van der Waals surface area (Å²) in [4.78, 5) is 40.4. The minimum atomic E-state index is -0.315. The first-order valence-electron chi connectivity index (χ1n) is 12.1. The average Bonchev–Trinajstić information content (AvgIpc) is 3.37. The molecule has 4 aromatic rings. The summed E-state index contributed by atoms with van der Waals surface area (Å²) in [6.45, 7) is 0.619. The van der Waals surface area contributed by atoms with Gasteiger partial charge in [-0.1, -0.05) is 54.6 Å². The van der Waals surface area contributed by atoms with Crippen LogP contribution in [0.15, 0.2) is 103 Å². The summed E-state index contributed by atoms with van der Waals surface area (Å²) in [5.74, 6) is -0.702. The van der Waals surface area contributed by atoms with Crippen LogP contribution < -0.4 is 20.9 Å². The fourth-order valence-electron chi connectivity index (χ4n) is 4.35. The Hall–Kier alpha value is -4.91. The maximum Gasteiger partial charge on any atom is 0.258 e. The highest BCUT2D eigenvalue weighted by atomic mass is 16.2. The summed E-state index contributed by atoms with van der Waals surface area (Å²) < 4.78 is 0. The molecule has 0 unspecified atom stereocenters. The summed E-state index contributed by atoms with van der Waals surface area (Å²) in [7, 11) is 0. The van der Waals surface area contributed by atoms with Gasteiger partial charge >= 0.3 is 0 Å². The number of carbonyl (C=O) groups is 3. The lowest BCUT2D eigenvalue weighted by atomic mass is 10.1. The van der Waals surface area contributed by atoms with Crippen molar-refractivity contribution >= 4 is 40.5 Å². The van der Waals surface area contributed by atoms with Crippen LogP contribution in [0, 0.1) is 0 Å². The largest absolute Gasteiger partial charge is 0.376 e. The highest BCUT2D eigenvalue weighted by Crippen LogP contribution is 2.29. The van der Waals surface area contributed by atoms with E-state index in [4.69, 9.17) is 0 Å². The summed E-state index contributed by atoms with van der Waals surface area (Å²) in [6.07, 6.45) is 0.838. The fourth-order valence-corrected chi connectivity index (χ4v) is 4.35. The number of para-hydroxylation sites is 3. The molecule has 0 fully saturated rings. The molecular formula is C30H26N4O3. The number of benzene rings is 4. The van der Waals surface area contributed by atoms with Crippen LogP contribution in [-0.4, -0.2) is 30.8 Å². The van der Waals surface area contributed by atoms with Crippen LogP contribution in [0.25, 0.3) is 0 Å². The Labute approximate surface area is 215 Å². The van der Waals surface area contributed by atoms with E-state index in [2.05, 4.69) is 16.0 Å². The van der Waals surface area contributed by atoms with Crippen molar-refractivity contribution in [2.24, 2.45) is 0 Å². The first-order valence-corrected chi connectivity index (χ1v) is 12.1. The molecular weight excluding hydrogens is 464 g/mol. The SMILES string of the molecule is O=C(CNc1cccc(C(=O)N2CCc3ccccc32)c1)Nc1ccccc1C(=O)Nc1ccccc1. The summed E-state index contributed by atoms with van der Waals surface area (Å²) in [5, 5.41) is 8.71. The summed E-state index contributed by atoms with van der Waals surface area (Å²) >= 11 is 0. The Bertz CT molecular complexity index is 1450. The van der Waals surface area contributed by atoms with E-state index in [0.29, 0.717) is 34.7 Å². The highest BCUT2D eigenvalue weighted by Gasteiger charge is 2.25. The van der Waals surface area contributed by atoms with Gasteiger partial charge in [-0.2, -0.15) is 0 Å². The molecule has 1 aliphatic heterocycles. The molecule has 7 heteroatoms. The van der Waals surface area contributed by atoms with Gasteiger partial charge in [0.15, 0.2) is 0 Å². The standard InChI is InChI=1S/C30H26N4O3/c35-28(33-26-15-6-5-14-25(26)29(36)32-23-11-2-1-3-12-23)20-31-24-13-8-10-22(19-24)30(37)34-18-17-21-9-4-7-16-27(21)34/h1-16,19,31H,17-18,20H2,(H,32,36)(H,33,35). The lowest BCUT2D eigenvalue weighted by molar-refractivity contribution is -0.114. The number of fused-ring (bicyclic) bond motifs is 1. The molecule has 0 aromatic heterocycles. The maximum absolute atomic E-state index is 13.2. The van der Waals surface area contributed by atoms with Crippen molar-refractivity contribution in [3.8, 4) is 0 Å². The van der Waals surface area contributed by atoms with E-state index < -0.39 is 0 Å². The Morgan fingerprint density at radius 1 is 0.730 bits per heavy atom. The van der Waals surface area contributed by atoms with Gasteiger partial charge in [0.05, 0.1) is 17.8 Å². The maximum atomic E-state index is 13.2. The third-order valence-electron chi connectivity index (χ3n) is 6.17. The van der Waals surface area contributed by atoms with Gasteiger partial charge in [-0.15, -0.1) is 0 Å². The number of carbonyl (C=O) groups excluding carboxylic acids is 3. The van der Waals surface area contributed by atoms with Crippen molar-refractivity contribution in [3.63, 3.8) is 0 Å². The van der Waals surface area contributed by atoms with Crippen LogP contribution in [0.2, 0.25) is 0 Å².